The molecule has 2 rings (SSSR count). The molecule has 0 unspecified atom stereocenters. The lowest BCUT2D eigenvalue weighted by atomic mass is 10.1. The molecule has 0 heterocycles. The Hall–Kier alpha value is -2.36. The number of esters is 1. The van der Waals surface area contributed by atoms with Crippen molar-refractivity contribution in [1.29, 1.82) is 0 Å². The Labute approximate surface area is 123 Å². The van der Waals surface area contributed by atoms with E-state index in [1.54, 1.807) is 6.07 Å². The second-order valence-electron chi connectivity index (χ2n) is 4.70. The standard InChI is InChI=1S/C17H18FNO2/c1-21-17(20)15-12-14(9-10-16(15)18)19-11-5-8-13-6-3-2-4-7-13/h2-4,6-7,9-10,12,19H,5,8,11H2,1H3. The topological polar surface area (TPSA) is 38.3 Å². The fourth-order valence-electron chi connectivity index (χ4n) is 2.07. The summed E-state index contributed by atoms with van der Waals surface area (Å²) >= 11 is 0. The van der Waals surface area contributed by atoms with Crippen LogP contribution in [-0.4, -0.2) is 19.6 Å². The van der Waals surface area contributed by atoms with Crippen LogP contribution in [0.4, 0.5) is 10.1 Å². The van der Waals surface area contributed by atoms with E-state index in [4.69, 9.17) is 0 Å². The monoisotopic (exact) mass is 287 g/mol. The predicted molar refractivity (Wildman–Crippen MR) is 81.0 cm³/mol. The van der Waals surface area contributed by atoms with Crippen molar-refractivity contribution in [3.63, 3.8) is 0 Å². The molecule has 21 heavy (non-hydrogen) atoms. The Morgan fingerprint density at radius 1 is 1.19 bits per heavy atom. The molecule has 1 N–H and O–H groups in total. The van der Waals surface area contributed by atoms with E-state index in [0.29, 0.717) is 5.69 Å². The first-order valence-electron chi connectivity index (χ1n) is 6.86. The van der Waals surface area contributed by atoms with Crippen molar-refractivity contribution in [3.8, 4) is 0 Å². The van der Waals surface area contributed by atoms with E-state index in [-0.39, 0.29) is 5.56 Å². The second-order valence-corrected chi connectivity index (χ2v) is 4.70. The number of halogens is 1. The lowest BCUT2D eigenvalue weighted by molar-refractivity contribution is 0.0595. The molecule has 4 heteroatoms. The highest BCUT2D eigenvalue weighted by molar-refractivity contribution is 5.90. The molecule has 3 nitrogen and oxygen atoms in total. The number of rotatable bonds is 6. The average molecular weight is 287 g/mol. The van der Waals surface area contributed by atoms with Crippen molar-refractivity contribution in [1.82, 2.24) is 0 Å². The zero-order chi connectivity index (χ0) is 15.1. The quantitative estimate of drug-likeness (QED) is 0.651. The van der Waals surface area contributed by atoms with Gasteiger partial charge in [-0.2, -0.15) is 0 Å². The summed E-state index contributed by atoms with van der Waals surface area (Å²) in [5.41, 5.74) is 1.95. The SMILES string of the molecule is COC(=O)c1cc(NCCCc2ccccc2)ccc1F. The van der Waals surface area contributed by atoms with Crippen LogP contribution in [0.5, 0.6) is 0 Å². The van der Waals surface area contributed by atoms with Crippen LogP contribution in [0.3, 0.4) is 0 Å². The Bertz CT molecular complexity index is 599. The van der Waals surface area contributed by atoms with Gasteiger partial charge in [-0.25, -0.2) is 9.18 Å². The molecule has 0 spiro atoms. The smallest absolute Gasteiger partial charge is 0.340 e. The molecule has 0 saturated carbocycles. The first-order valence-corrected chi connectivity index (χ1v) is 6.86. The summed E-state index contributed by atoms with van der Waals surface area (Å²) in [4.78, 5) is 11.4. The Kier molecular flexibility index (Phi) is 5.32. The first kappa shape index (κ1) is 15.0. The summed E-state index contributed by atoms with van der Waals surface area (Å²) in [6, 6.07) is 14.6. The maximum atomic E-state index is 13.5. The molecule has 2 aromatic carbocycles. The summed E-state index contributed by atoms with van der Waals surface area (Å²) < 4.78 is 18.0. The normalized spacial score (nSPS) is 10.2. The maximum Gasteiger partial charge on any atom is 0.340 e. The fourth-order valence-corrected chi connectivity index (χ4v) is 2.07. The van der Waals surface area contributed by atoms with Crippen molar-refractivity contribution in [2.24, 2.45) is 0 Å². The minimum Gasteiger partial charge on any atom is -0.465 e. The third-order valence-electron chi connectivity index (χ3n) is 3.19. The van der Waals surface area contributed by atoms with Crippen LogP contribution in [0.1, 0.15) is 22.3 Å². The van der Waals surface area contributed by atoms with Crippen molar-refractivity contribution >= 4 is 11.7 Å². The number of aryl methyl sites for hydroxylation is 1. The first-order chi connectivity index (χ1) is 10.2. The Balaban J connectivity index is 1.87. The predicted octanol–water partition coefficient (Wildman–Crippen LogP) is 3.66. The van der Waals surface area contributed by atoms with E-state index in [0.717, 1.165) is 19.4 Å². The molecule has 0 amide bonds. The van der Waals surface area contributed by atoms with Crippen LogP contribution in [0.25, 0.3) is 0 Å². The van der Waals surface area contributed by atoms with E-state index in [1.807, 2.05) is 18.2 Å². The van der Waals surface area contributed by atoms with E-state index >= 15 is 0 Å². The van der Waals surface area contributed by atoms with Gasteiger partial charge in [0.05, 0.1) is 12.7 Å². The van der Waals surface area contributed by atoms with Gasteiger partial charge in [-0.15, -0.1) is 0 Å². The van der Waals surface area contributed by atoms with Crippen LogP contribution in [-0.2, 0) is 11.2 Å². The minimum absolute atomic E-state index is 0.0504. The van der Waals surface area contributed by atoms with Gasteiger partial charge in [-0.05, 0) is 36.6 Å². The molecule has 0 aliphatic rings. The van der Waals surface area contributed by atoms with Gasteiger partial charge in [0.25, 0.3) is 0 Å². The molecule has 0 fully saturated rings. The summed E-state index contributed by atoms with van der Waals surface area (Å²) in [5.74, 6) is -1.24. The molecule has 2 aromatic rings. The Morgan fingerprint density at radius 2 is 1.95 bits per heavy atom. The number of carbonyl (C=O) groups is 1. The molecule has 0 aromatic heterocycles. The number of anilines is 1. The maximum absolute atomic E-state index is 13.5. The summed E-state index contributed by atoms with van der Waals surface area (Å²) in [5, 5.41) is 3.19. The van der Waals surface area contributed by atoms with Crippen LogP contribution >= 0.6 is 0 Å². The number of methoxy groups -OCH3 is 1. The number of nitrogens with one attached hydrogen (secondary N) is 1. The molecule has 0 aliphatic heterocycles. The molecule has 0 radical (unpaired) electrons. The largest absolute Gasteiger partial charge is 0.465 e. The zero-order valence-electron chi connectivity index (χ0n) is 11.9. The zero-order valence-corrected chi connectivity index (χ0v) is 11.9. The van der Waals surface area contributed by atoms with Gasteiger partial charge in [-0.3, -0.25) is 0 Å². The van der Waals surface area contributed by atoms with Gasteiger partial charge in [-0.1, -0.05) is 30.3 Å². The van der Waals surface area contributed by atoms with Crippen LogP contribution in [0, 0.1) is 5.82 Å². The highest BCUT2D eigenvalue weighted by Gasteiger charge is 2.12. The highest BCUT2D eigenvalue weighted by Crippen LogP contribution is 2.16. The van der Waals surface area contributed by atoms with Gasteiger partial charge in [0.1, 0.15) is 5.82 Å². The van der Waals surface area contributed by atoms with E-state index in [9.17, 15) is 9.18 Å². The number of hydrogen-bond donors (Lipinski definition) is 1. The molecule has 0 bridgehead atoms. The number of hydrogen-bond acceptors (Lipinski definition) is 3. The van der Waals surface area contributed by atoms with E-state index in [2.05, 4.69) is 22.2 Å². The third kappa shape index (κ3) is 4.31. The van der Waals surface area contributed by atoms with Crippen molar-refractivity contribution in [2.75, 3.05) is 19.0 Å². The fraction of sp³-hybridized carbons (Fsp3) is 0.235. The molecular weight excluding hydrogens is 269 g/mol. The van der Waals surface area contributed by atoms with Gasteiger partial charge in [0.2, 0.25) is 0 Å². The summed E-state index contributed by atoms with van der Waals surface area (Å²) in [7, 11) is 1.24. The number of benzene rings is 2. The van der Waals surface area contributed by atoms with E-state index < -0.39 is 11.8 Å². The van der Waals surface area contributed by atoms with Gasteiger partial charge < -0.3 is 10.1 Å². The van der Waals surface area contributed by atoms with Gasteiger partial charge in [0, 0.05) is 12.2 Å². The lowest BCUT2D eigenvalue weighted by Crippen LogP contribution is -2.07. The average Bonchev–Trinajstić information content (AvgIpc) is 2.53. The van der Waals surface area contributed by atoms with Crippen molar-refractivity contribution < 1.29 is 13.9 Å². The van der Waals surface area contributed by atoms with Crippen LogP contribution in [0.15, 0.2) is 48.5 Å². The van der Waals surface area contributed by atoms with E-state index in [1.165, 1.54) is 24.8 Å². The third-order valence-corrected chi connectivity index (χ3v) is 3.19. The number of carbonyl (C=O) groups excluding carboxylic acids is 1. The van der Waals surface area contributed by atoms with Gasteiger partial charge >= 0.3 is 5.97 Å². The summed E-state index contributed by atoms with van der Waals surface area (Å²) in [6.45, 7) is 0.751. The Morgan fingerprint density at radius 3 is 2.67 bits per heavy atom. The molecule has 0 saturated heterocycles. The molecule has 110 valence electrons. The molecule has 0 atom stereocenters. The second kappa shape index (κ2) is 7.43. The minimum atomic E-state index is -0.666. The lowest BCUT2D eigenvalue weighted by Gasteiger charge is -2.08. The number of ether oxygens (including phenoxy) is 1. The summed E-state index contributed by atoms with van der Waals surface area (Å²) in [6.07, 6.45) is 1.92. The molecular formula is C17H18FNO2. The van der Waals surface area contributed by atoms with Crippen LogP contribution < -0.4 is 5.32 Å². The highest BCUT2D eigenvalue weighted by atomic mass is 19.1. The van der Waals surface area contributed by atoms with Gasteiger partial charge in [0.15, 0.2) is 0 Å². The van der Waals surface area contributed by atoms with Crippen molar-refractivity contribution in [3.05, 3.63) is 65.5 Å². The van der Waals surface area contributed by atoms with Crippen LogP contribution in [0.2, 0.25) is 0 Å². The van der Waals surface area contributed by atoms with Crippen molar-refractivity contribution in [2.45, 2.75) is 12.8 Å². The molecule has 0 aliphatic carbocycles.